The van der Waals surface area contributed by atoms with Gasteiger partial charge in [0.05, 0.1) is 5.75 Å². The van der Waals surface area contributed by atoms with Crippen molar-refractivity contribution in [3.05, 3.63) is 23.7 Å². The lowest BCUT2D eigenvalue weighted by Gasteiger charge is -2.24. The highest BCUT2D eigenvalue weighted by Gasteiger charge is 2.28. The molecule has 0 atom stereocenters. The van der Waals surface area contributed by atoms with E-state index in [1.54, 1.807) is 23.9 Å². The number of carbonyl (C=O) groups is 3. The minimum atomic E-state index is -0.476. The van der Waals surface area contributed by atoms with Crippen LogP contribution in [0.15, 0.2) is 16.5 Å². The van der Waals surface area contributed by atoms with Crippen LogP contribution in [0.1, 0.15) is 16.3 Å². The first-order chi connectivity index (χ1) is 8.60. The van der Waals surface area contributed by atoms with Crippen molar-refractivity contribution in [2.45, 2.75) is 5.75 Å². The average molecular weight is 268 g/mol. The Morgan fingerprint density at radius 1 is 1.39 bits per heavy atom. The first-order valence-electron chi connectivity index (χ1n) is 5.29. The topological polar surface area (TPSA) is 79.6 Å². The molecular formula is C11H12N2O4S. The van der Waals surface area contributed by atoms with Crippen molar-refractivity contribution in [2.24, 2.45) is 0 Å². The summed E-state index contributed by atoms with van der Waals surface area (Å²) in [7, 11) is 0. The fraction of sp³-hybridized carbons (Fsp3) is 0.364. The van der Waals surface area contributed by atoms with Gasteiger partial charge in [0, 0.05) is 0 Å². The van der Waals surface area contributed by atoms with E-state index in [0.717, 1.165) is 0 Å². The lowest BCUT2D eigenvalue weighted by molar-refractivity contribution is -0.135. The van der Waals surface area contributed by atoms with Crippen molar-refractivity contribution >= 4 is 29.5 Å². The number of imide groups is 1. The molecule has 0 unspecified atom stereocenters. The molecule has 0 radical (unpaired) electrons. The minimum Gasteiger partial charge on any atom is -0.455 e. The first-order valence-corrected chi connectivity index (χ1v) is 6.69. The van der Waals surface area contributed by atoms with E-state index in [4.69, 9.17) is 4.42 Å². The normalized spacial score (nSPS) is 15.7. The van der Waals surface area contributed by atoms with Crippen LogP contribution >= 0.6 is 11.8 Å². The molecule has 1 fully saturated rings. The summed E-state index contributed by atoms with van der Waals surface area (Å²) in [6.07, 6.45) is 1.93. The molecule has 0 saturated carbocycles. The van der Waals surface area contributed by atoms with E-state index < -0.39 is 17.7 Å². The van der Waals surface area contributed by atoms with Crippen LogP contribution in [0.4, 0.5) is 0 Å². The third kappa shape index (κ3) is 2.73. The molecule has 1 aliphatic rings. The van der Waals surface area contributed by atoms with Gasteiger partial charge in [-0.15, -0.1) is 0 Å². The molecule has 0 aromatic carbocycles. The van der Waals surface area contributed by atoms with Crippen LogP contribution in [0.25, 0.3) is 0 Å². The van der Waals surface area contributed by atoms with Gasteiger partial charge in [0.25, 0.3) is 5.91 Å². The summed E-state index contributed by atoms with van der Waals surface area (Å²) in [6.45, 7) is -0.244. The number of rotatable bonds is 3. The van der Waals surface area contributed by atoms with Crippen molar-refractivity contribution < 1.29 is 18.8 Å². The van der Waals surface area contributed by atoms with E-state index in [9.17, 15) is 14.4 Å². The zero-order valence-corrected chi connectivity index (χ0v) is 10.6. The van der Waals surface area contributed by atoms with E-state index >= 15 is 0 Å². The molecule has 1 aliphatic heterocycles. The Bertz CT molecular complexity index is 481. The van der Waals surface area contributed by atoms with Crippen LogP contribution in [0.2, 0.25) is 0 Å². The van der Waals surface area contributed by atoms with Gasteiger partial charge in [-0.25, -0.2) is 0 Å². The summed E-state index contributed by atoms with van der Waals surface area (Å²) in [4.78, 5) is 35.5. The second kappa shape index (κ2) is 5.26. The van der Waals surface area contributed by atoms with E-state index in [1.165, 1.54) is 4.90 Å². The molecule has 0 aliphatic carbocycles. The summed E-state index contributed by atoms with van der Waals surface area (Å²) < 4.78 is 5.35. The van der Waals surface area contributed by atoms with Gasteiger partial charge in [0.15, 0.2) is 5.76 Å². The maximum atomic E-state index is 12.0. The van der Waals surface area contributed by atoms with Crippen LogP contribution in [0.3, 0.4) is 0 Å². The second-order valence-corrected chi connectivity index (χ2v) is 4.70. The maximum Gasteiger partial charge on any atom is 0.290 e. The molecule has 0 bridgehead atoms. The minimum absolute atomic E-state index is 0.122. The number of furan rings is 1. The quantitative estimate of drug-likeness (QED) is 0.794. The predicted molar refractivity (Wildman–Crippen MR) is 65.0 cm³/mol. The number of hydrogen-bond donors (Lipinski definition) is 1. The van der Waals surface area contributed by atoms with Gasteiger partial charge in [-0.05, 0) is 18.4 Å². The Morgan fingerprint density at radius 3 is 2.67 bits per heavy atom. The Balaban J connectivity index is 2.09. The van der Waals surface area contributed by atoms with Crippen LogP contribution < -0.4 is 5.32 Å². The fourth-order valence-electron chi connectivity index (χ4n) is 1.65. The summed E-state index contributed by atoms with van der Waals surface area (Å²) >= 11 is 1.58. The number of nitrogens with zero attached hydrogens (tertiary/aromatic N) is 1. The zero-order valence-electron chi connectivity index (χ0n) is 9.76. The molecule has 96 valence electrons. The largest absolute Gasteiger partial charge is 0.455 e. The van der Waals surface area contributed by atoms with E-state index in [0.29, 0.717) is 11.5 Å². The first kappa shape index (κ1) is 12.7. The third-order valence-electron chi connectivity index (χ3n) is 2.39. The monoisotopic (exact) mass is 268 g/mol. The van der Waals surface area contributed by atoms with Crippen molar-refractivity contribution in [2.75, 3.05) is 19.3 Å². The van der Waals surface area contributed by atoms with Crippen LogP contribution in [-0.4, -0.2) is 42.0 Å². The molecular weight excluding hydrogens is 256 g/mol. The molecule has 2 rings (SSSR count). The SMILES string of the molecule is CSCc1ccc(C(=O)N2CC(=O)NC(=O)C2)o1. The van der Waals surface area contributed by atoms with E-state index in [1.807, 2.05) is 6.26 Å². The number of piperazine rings is 1. The van der Waals surface area contributed by atoms with Gasteiger partial charge in [-0.3, -0.25) is 19.7 Å². The van der Waals surface area contributed by atoms with Gasteiger partial charge in [0.2, 0.25) is 11.8 Å². The Labute approximate surface area is 108 Å². The molecule has 1 aromatic rings. The summed E-state index contributed by atoms with van der Waals surface area (Å²) in [6, 6.07) is 3.28. The Hall–Kier alpha value is -1.76. The molecule has 18 heavy (non-hydrogen) atoms. The number of carbonyl (C=O) groups excluding carboxylic acids is 3. The lowest BCUT2D eigenvalue weighted by atomic mass is 10.3. The molecule has 1 N–H and O–H groups in total. The lowest BCUT2D eigenvalue weighted by Crippen LogP contribution is -2.53. The van der Waals surface area contributed by atoms with E-state index in [2.05, 4.69) is 5.32 Å². The smallest absolute Gasteiger partial charge is 0.290 e. The molecule has 1 saturated heterocycles. The van der Waals surface area contributed by atoms with Gasteiger partial charge >= 0.3 is 0 Å². The van der Waals surface area contributed by atoms with Crippen molar-refractivity contribution in [3.63, 3.8) is 0 Å². The summed E-state index contributed by atoms with van der Waals surface area (Å²) in [5.41, 5.74) is 0. The maximum absolute atomic E-state index is 12.0. The van der Waals surface area contributed by atoms with Crippen molar-refractivity contribution in [1.82, 2.24) is 10.2 Å². The highest BCUT2D eigenvalue weighted by molar-refractivity contribution is 7.97. The molecule has 7 heteroatoms. The van der Waals surface area contributed by atoms with Crippen LogP contribution in [-0.2, 0) is 15.3 Å². The Morgan fingerprint density at radius 2 is 2.06 bits per heavy atom. The highest BCUT2D eigenvalue weighted by atomic mass is 32.2. The molecule has 6 nitrogen and oxygen atoms in total. The van der Waals surface area contributed by atoms with Crippen molar-refractivity contribution in [1.29, 1.82) is 0 Å². The second-order valence-electron chi connectivity index (χ2n) is 3.83. The summed E-state index contributed by atoms with van der Waals surface area (Å²) in [5.74, 6) is 0.129. The van der Waals surface area contributed by atoms with Gasteiger partial charge in [-0.2, -0.15) is 11.8 Å². The molecule has 0 spiro atoms. The number of thioether (sulfide) groups is 1. The number of hydrogen-bond acceptors (Lipinski definition) is 5. The van der Waals surface area contributed by atoms with Gasteiger partial charge in [-0.1, -0.05) is 0 Å². The molecule has 1 aromatic heterocycles. The summed E-state index contributed by atoms with van der Waals surface area (Å²) in [5, 5.41) is 2.14. The average Bonchev–Trinajstić information content (AvgIpc) is 2.76. The zero-order chi connectivity index (χ0) is 13.1. The standard InChI is InChI=1S/C11H12N2O4S/c1-18-6-7-2-3-8(17-7)11(16)13-4-9(14)12-10(15)5-13/h2-3H,4-6H2,1H3,(H,12,14,15). The van der Waals surface area contributed by atoms with Gasteiger partial charge < -0.3 is 9.32 Å². The third-order valence-corrected chi connectivity index (χ3v) is 2.97. The fourth-order valence-corrected chi connectivity index (χ4v) is 2.09. The van der Waals surface area contributed by atoms with Crippen molar-refractivity contribution in [3.8, 4) is 0 Å². The molecule has 2 heterocycles. The van der Waals surface area contributed by atoms with Crippen LogP contribution in [0.5, 0.6) is 0 Å². The number of nitrogens with one attached hydrogen (secondary N) is 1. The highest BCUT2D eigenvalue weighted by Crippen LogP contribution is 2.15. The van der Waals surface area contributed by atoms with E-state index in [-0.39, 0.29) is 18.8 Å². The van der Waals surface area contributed by atoms with Gasteiger partial charge in [0.1, 0.15) is 18.8 Å². The predicted octanol–water partition coefficient (Wildman–Crippen LogP) is 0.241. The number of amides is 3. The van der Waals surface area contributed by atoms with Crippen LogP contribution in [0, 0.1) is 0 Å². The Kier molecular flexibility index (Phi) is 3.71. The molecule has 3 amide bonds.